The number of phenolic OH excluding ortho intramolecular Hbond substituents is 1. The number of carbonyl (C=O) groups excluding carboxylic acids is 2. The monoisotopic (exact) mass is 482 g/mol. The molecule has 0 fully saturated rings. The second-order valence-corrected chi connectivity index (χ2v) is 8.42. The largest absolute Gasteiger partial charge is 0.500 e. The summed E-state index contributed by atoms with van der Waals surface area (Å²) in [7, 11) is 3.08. The number of allylic oxidation sites excluding steroid dienone is 2. The van der Waals surface area contributed by atoms with Crippen molar-refractivity contribution in [2.75, 3.05) is 20.8 Å². The molecule has 0 saturated heterocycles. The van der Waals surface area contributed by atoms with Gasteiger partial charge < -0.3 is 24.6 Å². The quantitative estimate of drug-likeness (QED) is 0.450. The minimum absolute atomic E-state index is 0.0426. The third kappa shape index (κ3) is 4.51. The van der Waals surface area contributed by atoms with Crippen molar-refractivity contribution in [1.29, 1.82) is 0 Å². The van der Waals surface area contributed by atoms with E-state index in [0.29, 0.717) is 34.8 Å². The Bertz CT molecular complexity index is 1240. The molecule has 0 unspecified atom stereocenters. The summed E-state index contributed by atoms with van der Waals surface area (Å²) in [5.74, 6) is -0.835. The predicted molar refractivity (Wildman–Crippen MR) is 125 cm³/mol. The molecule has 1 amide bonds. The van der Waals surface area contributed by atoms with Gasteiger partial charge in [0.05, 0.1) is 25.7 Å². The molecule has 10 nitrogen and oxygen atoms in total. The van der Waals surface area contributed by atoms with Crippen LogP contribution >= 0.6 is 0 Å². The van der Waals surface area contributed by atoms with E-state index in [0.717, 1.165) is 5.56 Å². The molecule has 184 valence electrons. The number of hydrogen-bond donors (Lipinski definition) is 2. The molecule has 0 aromatic heterocycles. The number of nitrogens with one attached hydrogen (secondary N) is 1. The number of ketones is 1. The van der Waals surface area contributed by atoms with Gasteiger partial charge in [0.15, 0.2) is 23.0 Å². The zero-order valence-corrected chi connectivity index (χ0v) is 19.6. The van der Waals surface area contributed by atoms with Gasteiger partial charge in [-0.2, -0.15) is 0 Å². The Labute approximate surface area is 201 Å². The number of Topliss-reactive ketones (excluding diaryl/α,β-unsaturated/α-hetero) is 1. The Kier molecular flexibility index (Phi) is 6.63. The fourth-order valence-corrected chi connectivity index (χ4v) is 4.81. The van der Waals surface area contributed by atoms with Crippen LogP contribution in [-0.4, -0.2) is 42.5 Å². The molecule has 2 atom stereocenters. The zero-order valence-electron chi connectivity index (χ0n) is 19.6. The van der Waals surface area contributed by atoms with Crippen molar-refractivity contribution in [2.24, 2.45) is 0 Å². The molecule has 2 aliphatic rings. The molecule has 1 aliphatic carbocycles. The molecule has 0 saturated carbocycles. The second-order valence-electron chi connectivity index (χ2n) is 8.42. The maximum absolute atomic E-state index is 13.4. The van der Waals surface area contributed by atoms with Crippen molar-refractivity contribution in [3.05, 3.63) is 62.8 Å². The van der Waals surface area contributed by atoms with E-state index in [2.05, 4.69) is 5.32 Å². The van der Waals surface area contributed by atoms with E-state index in [9.17, 15) is 24.8 Å². The lowest BCUT2D eigenvalue weighted by molar-refractivity contribution is -0.386. The van der Waals surface area contributed by atoms with E-state index in [1.165, 1.54) is 19.2 Å². The molecule has 0 spiro atoms. The highest BCUT2D eigenvalue weighted by molar-refractivity contribution is 6.02. The normalized spacial score (nSPS) is 19.6. The van der Waals surface area contributed by atoms with E-state index in [-0.39, 0.29) is 42.8 Å². The first-order valence-electron chi connectivity index (χ1n) is 11.2. The molecule has 10 heteroatoms. The minimum Gasteiger partial charge on any atom is -0.500 e. The van der Waals surface area contributed by atoms with Crippen LogP contribution in [0.25, 0.3) is 0 Å². The van der Waals surface area contributed by atoms with E-state index in [1.807, 2.05) is 12.1 Å². The highest BCUT2D eigenvalue weighted by Gasteiger charge is 2.39. The number of ether oxygens (including phenoxy) is 3. The molecule has 0 radical (unpaired) electrons. The Balaban J connectivity index is 1.75. The van der Waals surface area contributed by atoms with Gasteiger partial charge in [0.1, 0.15) is 0 Å². The van der Waals surface area contributed by atoms with Gasteiger partial charge in [-0.1, -0.05) is 6.07 Å². The summed E-state index contributed by atoms with van der Waals surface area (Å²) in [6.45, 7) is 1.87. The van der Waals surface area contributed by atoms with E-state index < -0.39 is 22.3 Å². The summed E-state index contributed by atoms with van der Waals surface area (Å²) in [6, 6.07) is 8.13. The number of carbonyl (C=O) groups is 2. The van der Waals surface area contributed by atoms with Gasteiger partial charge in [-0.3, -0.25) is 19.7 Å². The maximum atomic E-state index is 13.4. The molecule has 35 heavy (non-hydrogen) atoms. The summed E-state index contributed by atoms with van der Waals surface area (Å²) in [4.78, 5) is 36.8. The molecular weight excluding hydrogens is 456 g/mol. The number of amides is 1. The summed E-state index contributed by atoms with van der Waals surface area (Å²) >= 11 is 0. The number of phenols is 1. The van der Waals surface area contributed by atoms with Crippen LogP contribution in [0.15, 0.2) is 41.6 Å². The fraction of sp³-hybridized carbons (Fsp3) is 0.360. The Hall–Kier alpha value is -4.08. The standard InChI is InChI=1S/C25H26N2O8/c1-4-35-22-11-15(8-18(25(22)30)27(31)32)16-12-23(29)26-17-7-14(9-19(28)24(16)17)13-5-6-20(33-2)21(10-13)34-3/h5-6,8,10-11,14,16,30H,4,7,9,12H2,1-3H3,(H,26,29)/t14-,16-/m0/s1. The number of nitrogens with zero attached hydrogens (tertiary/aromatic N) is 1. The van der Waals surface area contributed by atoms with Crippen molar-refractivity contribution >= 4 is 17.4 Å². The first kappa shape index (κ1) is 24.1. The summed E-state index contributed by atoms with van der Waals surface area (Å²) in [5.41, 5.74) is 1.65. The van der Waals surface area contributed by atoms with Gasteiger partial charge in [-0.15, -0.1) is 0 Å². The number of rotatable bonds is 7. The van der Waals surface area contributed by atoms with Crippen LogP contribution in [0, 0.1) is 10.1 Å². The van der Waals surface area contributed by atoms with Crippen LogP contribution in [-0.2, 0) is 9.59 Å². The average molecular weight is 482 g/mol. The van der Waals surface area contributed by atoms with Crippen LogP contribution < -0.4 is 19.5 Å². The molecule has 4 rings (SSSR count). The zero-order chi connectivity index (χ0) is 25.3. The highest BCUT2D eigenvalue weighted by atomic mass is 16.6. The lowest BCUT2D eigenvalue weighted by Gasteiger charge is -2.34. The lowest BCUT2D eigenvalue weighted by Crippen LogP contribution is -2.38. The van der Waals surface area contributed by atoms with Gasteiger partial charge in [0.25, 0.3) is 0 Å². The van der Waals surface area contributed by atoms with E-state index >= 15 is 0 Å². The molecular formula is C25H26N2O8. The molecule has 0 bridgehead atoms. The van der Waals surface area contributed by atoms with Gasteiger partial charge in [0.2, 0.25) is 11.7 Å². The number of hydrogen-bond acceptors (Lipinski definition) is 8. The molecule has 1 heterocycles. The number of aromatic hydroxyl groups is 1. The van der Waals surface area contributed by atoms with Crippen LogP contribution in [0.5, 0.6) is 23.0 Å². The Morgan fingerprint density at radius 3 is 2.40 bits per heavy atom. The van der Waals surface area contributed by atoms with Crippen LogP contribution in [0.2, 0.25) is 0 Å². The molecule has 1 aliphatic heterocycles. The van der Waals surface area contributed by atoms with Crippen molar-refractivity contribution < 1.29 is 33.8 Å². The first-order valence-corrected chi connectivity index (χ1v) is 11.2. The van der Waals surface area contributed by atoms with E-state index in [1.54, 1.807) is 20.1 Å². The minimum atomic E-state index is -0.713. The van der Waals surface area contributed by atoms with Crippen LogP contribution in [0.1, 0.15) is 49.1 Å². The first-order chi connectivity index (χ1) is 16.8. The van der Waals surface area contributed by atoms with Crippen LogP contribution in [0.3, 0.4) is 0 Å². The summed E-state index contributed by atoms with van der Waals surface area (Å²) in [6.07, 6.45) is 0.579. The molecule has 2 aromatic carbocycles. The summed E-state index contributed by atoms with van der Waals surface area (Å²) in [5, 5.41) is 24.6. The third-order valence-electron chi connectivity index (χ3n) is 6.39. The number of nitro benzene ring substituents is 1. The average Bonchev–Trinajstić information content (AvgIpc) is 2.83. The lowest BCUT2D eigenvalue weighted by atomic mass is 9.73. The number of nitro groups is 1. The number of benzene rings is 2. The topological polar surface area (TPSA) is 137 Å². The van der Waals surface area contributed by atoms with Gasteiger partial charge in [-0.05, 0) is 48.6 Å². The summed E-state index contributed by atoms with van der Waals surface area (Å²) < 4.78 is 16.1. The van der Waals surface area contributed by atoms with Crippen molar-refractivity contribution in [3.63, 3.8) is 0 Å². The SMILES string of the molecule is CCOc1cc([C@@H]2CC(=O)NC3=C2C(=O)C[C@@H](c2ccc(OC)c(OC)c2)C3)cc([N+](=O)[O-])c1O. The predicted octanol–water partition coefficient (Wildman–Crippen LogP) is 3.72. The van der Waals surface area contributed by atoms with Crippen molar-refractivity contribution in [3.8, 4) is 23.0 Å². The smallest absolute Gasteiger partial charge is 0.314 e. The van der Waals surface area contributed by atoms with E-state index in [4.69, 9.17) is 14.2 Å². The van der Waals surface area contributed by atoms with Crippen LogP contribution in [0.4, 0.5) is 5.69 Å². The third-order valence-corrected chi connectivity index (χ3v) is 6.39. The highest BCUT2D eigenvalue weighted by Crippen LogP contribution is 2.46. The maximum Gasteiger partial charge on any atom is 0.314 e. The number of methoxy groups -OCH3 is 2. The molecule has 2 N–H and O–H groups in total. The Morgan fingerprint density at radius 1 is 1.03 bits per heavy atom. The Morgan fingerprint density at radius 2 is 1.74 bits per heavy atom. The fourth-order valence-electron chi connectivity index (χ4n) is 4.81. The van der Waals surface area contributed by atoms with Crippen molar-refractivity contribution in [2.45, 2.75) is 38.0 Å². The molecule has 2 aromatic rings. The van der Waals surface area contributed by atoms with Gasteiger partial charge in [0, 0.05) is 36.1 Å². The van der Waals surface area contributed by atoms with Gasteiger partial charge >= 0.3 is 5.69 Å². The van der Waals surface area contributed by atoms with Gasteiger partial charge in [-0.25, -0.2) is 0 Å². The van der Waals surface area contributed by atoms with Crippen molar-refractivity contribution in [1.82, 2.24) is 5.32 Å². The second kappa shape index (κ2) is 9.65.